The maximum absolute atomic E-state index is 15.7. The molecule has 0 unspecified atom stereocenters. The number of hydrogen-bond acceptors (Lipinski definition) is 3. The number of rotatable bonds is 12. The summed E-state index contributed by atoms with van der Waals surface area (Å²) >= 11 is 0. The van der Waals surface area contributed by atoms with Crippen LogP contribution in [-0.2, 0) is 32.9 Å². The van der Waals surface area contributed by atoms with E-state index in [-0.39, 0.29) is 20.1 Å². The van der Waals surface area contributed by atoms with E-state index in [0.29, 0.717) is 23.1 Å². The Hall–Kier alpha value is -8.28. The third-order valence-electron chi connectivity index (χ3n) is 12.7. The van der Waals surface area contributed by atoms with Crippen LogP contribution >= 0.6 is 0 Å². The van der Waals surface area contributed by atoms with Crippen LogP contribution in [0.15, 0.2) is 231 Å². The fourth-order valence-electron chi connectivity index (χ4n) is 9.09. The second-order valence-electron chi connectivity index (χ2n) is 17.1. The van der Waals surface area contributed by atoms with Crippen molar-refractivity contribution in [2.45, 2.75) is 12.8 Å². The molecule has 0 saturated heterocycles. The van der Waals surface area contributed by atoms with Gasteiger partial charge in [0.1, 0.15) is 0 Å². The molecule has 0 aliphatic heterocycles. The number of aryl methyl sites for hydroxylation is 2. The molecule has 0 spiro atoms. The topological polar surface area (TPSA) is 38.7 Å². The number of benzene rings is 8. The molecule has 0 bridgehead atoms. The van der Waals surface area contributed by atoms with Crippen molar-refractivity contribution in [3.8, 4) is 101 Å². The number of pyridine rings is 3. The molecule has 0 aliphatic carbocycles. The van der Waals surface area contributed by atoms with Crippen LogP contribution in [0.5, 0.6) is 0 Å². The van der Waals surface area contributed by atoms with Crippen molar-refractivity contribution >= 4 is 0 Å². The summed E-state index contributed by atoms with van der Waals surface area (Å²) in [5.41, 5.74) is 18.1. The van der Waals surface area contributed by atoms with Crippen molar-refractivity contribution in [1.29, 1.82) is 0 Å². The predicted octanol–water partition coefficient (Wildman–Crippen LogP) is 16.3. The average molecular weight is 1100 g/mol. The first kappa shape index (κ1) is 46.4. The van der Waals surface area contributed by atoms with Gasteiger partial charge in [-0.15, -0.1) is 89.0 Å². The van der Waals surface area contributed by atoms with E-state index >= 15 is 8.78 Å². The summed E-state index contributed by atoms with van der Waals surface area (Å²) in [4.78, 5) is 13.7. The molecule has 71 heavy (non-hydrogen) atoms. The van der Waals surface area contributed by atoms with Crippen molar-refractivity contribution in [2.75, 3.05) is 0 Å². The Morgan fingerprint density at radius 2 is 0.789 bits per heavy atom. The molecule has 0 amide bonds. The van der Waals surface area contributed by atoms with Crippen LogP contribution in [0.1, 0.15) is 11.1 Å². The van der Waals surface area contributed by atoms with E-state index in [4.69, 9.17) is 0 Å². The minimum absolute atomic E-state index is 0. The Kier molecular flexibility index (Phi) is 13.8. The monoisotopic (exact) mass is 1100 g/mol. The molecular formula is C65H42F2IrN3. The molecular weight excluding hydrogens is 1050 g/mol. The van der Waals surface area contributed by atoms with Crippen molar-refractivity contribution in [1.82, 2.24) is 15.0 Å². The van der Waals surface area contributed by atoms with E-state index < -0.39 is 11.6 Å². The van der Waals surface area contributed by atoms with Crippen LogP contribution < -0.4 is 0 Å². The summed E-state index contributed by atoms with van der Waals surface area (Å²) in [6.07, 6.45) is 6.73. The molecule has 0 fully saturated rings. The summed E-state index contributed by atoms with van der Waals surface area (Å²) in [6.45, 7) is 0. The molecule has 11 aromatic rings. The van der Waals surface area contributed by atoms with Crippen molar-refractivity contribution in [3.05, 3.63) is 272 Å². The van der Waals surface area contributed by atoms with Crippen LogP contribution in [0.4, 0.5) is 8.78 Å². The van der Waals surface area contributed by atoms with Gasteiger partial charge in [-0.05, 0) is 110 Å². The third kappa shape index (κ3) is 10.2. The van der Waals surface area contributed by atoms with Crippen molar-refractivity contribution in [3.63, 3.8) is 0 Å². The second kappa shape index (κ2) is 21.2. The number of nitrogens with zero attached hydrogens (tertiary/aromatic N) is 3. The van der Waals surface area contributed by atoms with Gasteiger partial charge in [0.25, 0.3) is 0 Å². The van der Waals surface area contributed by atoms with Gasteiger partial charge in [-0.25, -0.2) is 8.78 Å². The molecule has 0 saturated carbocycles. The molecule has 0 N–H and O–H groups in total. The normalized spacial score (nSPS) is 11.0. The predicted molar refractivity (Wildman–Crippen MR) is 279 cm³/mol. The summed E-state index contributed by atoms with van der Waals surface area (Å²) in [6, 6.07) is 80.4. The summed E-state index contributed by atoms with van der Waals surface area (Å²) in [5.74, 6) is -1.84. The minimum atomic E-state index is -0.922. The van der Waals surface area contributed by atoms with Gasteiger partial charge < -0.3 is 15.0 Å². The Bertz CT molecular complexity index is 3570. The molecule has 11 rings (SSSR count). The van der Waals surface area contributed by atoms with Gasteiger partial charge in [-0.1, -0.05) is 156 Å². The third-order valence-corrected chi connectivity index (χ3v) is 12.7. The maximum Gasteiger partial charge on any atom is 3.00 e. The fourth-order valence-corrected chi connectivity index (χ4v) is 9.09. The SMILES string of the molecule is Fc1cc(-c2c[c-]c(-c3ccccn3)cc2)c(-c2cc(CCc3c[c-]c(-c4ccccn4)cc3)cc(-c3ccccc3-c3c[c-]c(-c4ccccn4)cc3-c3ccc(-c4ccccc4)cc3)c2)cc1F.[Ir+3]. The quantitative estimate of drug-likeness (QED) is 0.114. The van der Waals surface area contributed by atoms with Gasteiger partial charge in [0.15, 0.2) is 11.6 Å². The molecule has 0 atom stereocenters. The molecule has 340 valence electrons. The molecule has 6 heteroatoms. The number of aromatic nitrogens is 3. The van der Waals surface area contributed by atoms with Gasteiger partial charge in [0.2, 0.25) is 0 Å². The van der Waals surface area contributed by atoms with E-state index in [0.717, 1.165) is 101 Å². The second-order valence-corrected chi connectivity index (χ2v) is 17.1. The number of hydrogen-bond donors (Lipinski definition) is 0. The van der Waals surface area contributed by atoms with Gasteiger partial charge in [0.05, 0.1) is 0 Å². The molecule has 3 heterocycles. The molecule has 8 aromatic carbocycles. The van der Waals surface area contributed by atoms with E-state index in [1.54, 1.807) is 18.6 Å². The zero-order valence-electron chi connectivity index (χ0n) is 38.3. The van der Waals surface area contributed by atoms with Crippen molar-refractivity contribution < 1.29 is 28.9 Å². The average Bonchev–Trinajstić information content (AvgIpc) is 3.44. The van der Waals surface area contributed by atoms with E-state index in [9.17, 15) is 0 Å². The Labute approximate surface area is 426 Å². The zero-order valence-corrected chi connectivity index (χ0v) is 40.7. The van der Waals surface area contributed by atoms with Gasteiger partial charge in [-0.3, -0.25) is 0 Å². The largest absolute Gasteiger partial charge is 3.00 e. The van der Waals surface area contributed by atoms with Crippen LogP contribution in [0.2, 0.25) is 0 Å². The minimum Gasteiger partial charge on any atom is -0.305 e. The maximum atomic E-state index is 15.7. The Balaban J connectivity index is 0.00000582. The van der Waals surface area contributed by atoms with Crippen LogP contribution in [-0.4, -0.2) is 15.0 Å². The van der Waals surface area contributed by atoms with Gasteiger partial charge in [0, 0.05) is 18.6 Å². The fraction of sp³-hybridized carbons (Fsp3) is 0.0308. The van der Waals surface area contributed by atoms with Gasteiger partial charge in [-0.2, -0.15) is 0 Å². The smallest absolute Gasteiger partial charge is 0.305 e. The number of halogens is 2. The standard InChI is InChI=1S/C65H42F2N3.Ir/c66-61-42-59(49-29-31-51(32-30-49)64-17-7-10-36-69-64)60(43-62(61)67)54-39-45(20-19-44-21-23-50(24-22-44)63-16-6-9-35-68-63)38-53(40-54)55-14-4-5-15-56(55)57-34-33-52(65-18-8-11-37-70-65)41-58(57)48-27-25-47(26-28-48)46-12-2-1-3-13-46;/h1-18,21-23,25-31,34-43H,19-20H2;/q-3;+3. The summed E-state index contributed by atoms with van der Waals surface area (Å²) in [7, 11) is 0. The van der Waals surface area contributed by atoms with E-state index in [1.165, 1.54) is 12.1 Å². The molecule has 3 aromatic heterocycles. The Morgan fingerprint density at radius 1 is 0.310 bits per heavy atom. The van der Waals surface area contributed by atoms with Gasteiger partial charge >= 0.3 is 20.1 Å². The summed E-state index contributed by atoms with van der Waals surface area (Å²) < 4.78 is 31.1. The zero-order chi connectivity index (χ0) is 47.2. The molecule has 0 aliphatic rings. The Morgan fingerprint density at radius 3 is 1.38 bits per heavy atom. The van der Waals surface area contributed by atoms with E-state index in [2.05, 4.69) is 142 Å². The first-order valence-electron chi connectivity index (χ1n) is 23.2. The van der Waals surface area contributed by atoms with E-state index in [1.807, 2.05) is 91.0 Å². The van der Waals surface area contributed by atoms with Crippen LogP contribution in [0.3, 0.4) is 0 Å². The molecule has 3 nitrogen and oxygen atoms in total. The summed E-state index contributed by atoms with van der Waals surface area (Å²) in [5, 5.41) is 0. The van der Waals surface area contributed by atoms with Crippen molar-refractivity contribution in [2.24, 2.45) is 0 Å². The van der Waals surface area contributed by atoms with Crippen LogP contribution in [0, 0.1) is 29.8 Å². The molecule has 0 radical (unpaired) electrons. The first-order valence-corrected chi connectivity index (χ1v) is 23.2. The first-order chi connectivity index (χ1) is 34.5. The van der Waals surface area contributed by atoms with Crippen LogP contribution in [0.25, 0.3) is 101 Å².